The number of aryl methyl sites for hydroxylation is 3. The van der Waals surface area contributed by atoms with Crippen LogP contribution in [0.4, 0.5) is 5.82 Å². The predicted octanol–water partition coefficient (Wildman–Crippen LogP) is 6.59. The minimum absolute atomic E-state index is 0.571. The van der Waals surface area contributed by atoms with Crippen molar-refractivity contribution in [3.05, 3.63) is 82.1 Å². The predicted molar refractivity (Wildman–Crippen MR) is 140 cm³/mol. The number of nitrogens with one attached hydrogen (secondary N) is 2. The molecule has 34 heavy (non-hydrogen) atoms. The lowest BCUT2D eigenvalue weighted by atomic mass is 9.97. The second-order valence-corrected chi connectivity index (χ2v) is 10.1. The fourth-order valence-electron chi connectivity index (χ4n) is 5.04. The van der Waals surface area contributed by atoms with E-state index in [-0.39, 0.29) is 0 Å². The lowest BCUT2D eigenvalue weighted by molar-refractivity contribution is 0.306. The third-order valence-electron chi connectivity index (χ3n) is 6.76. The van der Waals surface area contributed by atoms with Crippen LogP contribution in [0.15, 0.2) is 54.9 Å². The summed E-state index contributed by atoms with van der Waals surface area (Å²) in [6, 6.07) is 16.6. The summed E-state index contributed by atoms with van der Waals surface area (Å²) < 4.78 is 6.09. The van der Waals surface area contributed by atoms with E-state index in [4.69, 9.17) is 4.74 Å². The van der Waals surface area contributed by atoms with Crippen molar-refractivity contribution in [3.8, 4) is 5.75 Å². The molecule has 0 saturated carbocycles. The van der Waals surface area contributed by atoms with E-state index in [0.717, 1.165) is 41.3 Å². The molecule has 5 nitrogen and oxygen atoms in total. The molecule has 6 rings (SSSR count). The topological polar surface area (TPSA) is 62.8 Å². The van der Waals surface area contributed by atoms with Crippen molar-refractivity contribution in [2.24, 2.45) is 0 Å². The zero-order valence-electron chi connectivity index (χ0n) is 19.4. The Morgan fingerprint density at radius 1 is 1.06 bits per heavy atom. The number of aromatic amines is 1. The summed E-state index contributed by atoms with van der Waals surface area (Å²) in [4.78, 5) is 15.3. The quantitative estimate of drug-likeness (QED) is 0.283. The summed E-state index contributed by atoms with van der Waals surface area (Å²) in [6.07, 6.45) is 7.47. The molecule has 172 valence electrons. The Labute approximate surface area is 203 Å². The smallest absolute Gasteiger partial charge is 0.138 e. The van der Waals surface area contributed by atoms with E-state index >= 15 is 0 Å². The molecule has 2 N–H and O–H groups in total. The van der Waals surface area contributed by atoms with Gasteiger partial charge < -0.3 is 15.0 Å². The lowest BCUT2D eigenvalue weighted by Gasteiger charge is -2.12. The Bertz CT molecular complexity index is 1450. The summed E-state index contributed by atoms with van der Waals surface area (Å²) in [5, 5.41) is 6.10. The van der Waals surface area contributed by atoms with E-state index in [9.17, 15) is 0 Å². The summed E-state index contributed by atoms with van der Waals surface area (Å²) in [5.41, 5.74) is 6.32. The van der Waals surface area contributed by atoms with Crippen molar-refractivity contribution < 1.29 is 4.74 Å². The highest BCUT2D eigenvalue weighted by atomic mass is 32.1. The molecule has 0 saturated heterocycles. The van der Waals surface area contributed by atoms with Gasteiger partial charge in [0.2, 0.25) is 0 Å². The number of H-pyrrole nitrogens is 1. The molecule has 0 aliphatic heterocycles. The van der Waals surface area contributed by atoms with E-state index in [0.29, 0.717) is 6.61 Å². The SMILES string of the molecule is Cc1[nH]c2ccc(OCc3ccccc3)cc2c1CCNc1ncnc2sc3c(c12)CCCC3. The fraction of sp³-hybridized carbons (Fsp3) is 0.286. The summed E-state index contributed by atoms with van der Waals surface area (Å²) in [5.74, 6) is 1.88. The summed E-state index contributed by atoms with van der Waals surface area (Å²) in [7, 11) is 0. The number of nitrogens with zero attached hydrogens (tertiary/aromatic N) is 2. The third kappa shape index (κ3) is 4.03. The van der Waals surface area contributed by atoms with Crippen LogP contribution >= 0.6 is 11.3 Å². The largest absolute Gasteiger partial charge is 0.489 e. The van der Waals surface area contributed by atoms with Crippen LogP contribution in [-0.4, -0.2) is 21.5 Å². The molecular weight excluding hydrogens is 440 g/mol. The maximum Gasteiger partial charge on any atom is 0.138 e. The number of aromatic nitrogens is 3. The fourth-order valence-corrected chi connectivity index (χ4v) is 6.27. The van der Waals surface area contributed by atoms with Gasteiger partial charge in [-0.2, -0.15) is 0 Å². The van der Waals surface area contributed by atoms with Crippen LogP contribution in [0.5, 0.6) is 5.75 Å². The molecular formula is C28H28N4OS. The Kier molecular flexibility index (Phi) is 5.67. The third-order valence-corrected chi connectivity index (χ3v) is 7.96. The van der Waals surface area contributed by atoms with Gasteiger partial charge in [0.05, 0.1) is 5.39 Å². The van der Waals surface area contributed by atoms with Gasteiger partial charge >= 0.3 is 0 Å². The van der Waals surface area contributed by atoms with Crippen molar-refractivity contribution in [1.29, 1.82) is 0 Å². The van der Waals surface area contributed by atoms with Gasteiger partial charge in [-0.1, -0.05) is 30.3 Å². The van der Waals surface area contributed by atoms with Gasteiger partial charge in [-0.3, -0.25) is 0 Å². The van der Waals surface area contributed by atoms with Gasteiger partial charge in [-0.15, -0.1) is 11.3 Å². The Balaban J connectivity index is 1.20. The van der Waals surface area contributed by atoms with Gasteiger partial charge in [0.25, 0.3) is 0 Å². The molecule has 1 aliphatic carbocycles. The van der Waals surface area contributed by atoms with Crippen LogP contribution in [0.2, 0.25) is 0 Å². The molecule has 5 aromatic rings. The molecule has 0 unspecified atom stereocenters. The van der Waals surface area contributed by atoms with Gasteiger partial charge in [-0.25, -0.2) is 9.97 Å². The van der Waals surface area contributed by atoms with Crippen LogP contribution in [0.1, 0.15) is 40.1 Å². The standard InChI is InChI=1S/C28H28N4OS/c1-18-21(23-15-20(11-12-24(23)32-18)33-16-19-7-3-2-4-8-19)13-14-29-27-26-22-9-5-6-10-25(22)34-28(26)31-17-30-27/h2-4,7-8,11-12,15,17,32H,5-6,9-10,13-14,16H2,1H3,(H,29,30,31). The first-order chi connectivity index (χ1) is 16.8. The molecule has 3 heterocycles. The van der Waals surface area contributed by atoms with Crippen LogP contribution in [-0.2, 0) is 25.9 Å². The highest BCUT2D eigenvalue weighted by Crippen LogP contribution is 2.38. The Morgan fingerprint density at radius 2 is 1.94 bits per heavy atom. The number of hydrogen-bond acceptors (Lipinski definition) is 5. The van der Waals surface area contributed by atoms with Crippen LogP contribution < -0.4 is 10.1 Å². The zero-order valence-corrected chi connectivity index (χ0v) is 20.2. The minimum Gasteiger partial charge on any atom is -0.489 e. The van der Waals surface area contributed by atoms with Gasteiger partial charge in [-0.05, 0) is 73.9 Å². The average molecular weight is 469 g/mol. The molecule has 6 heteroatoms. The number of benzene rings is 2. The summed E-state index contributed by atoms with van der Waals surface area (Å²) >= 11 is 1.84. The van der Waals surface area contributed by atoms with Gasteiger partial charge in [0.15, 0.2) is 0 Å². The zero-order chi connectivity index (χ0) is 22.9. The Morgan fingerprint density at radius 3 is 2.85 bits per heavy atom. The molecule has 0 atom stereocenters. The second-order valence-electron chi connectivity index (χ2n) is 9.00. The number of hydrogen-bond donors (Lipinski definition) is 2. The molecule has 0 radical (unpaired) electrons. The van der Waals surface area contributed by atoms with E-state index in [1.807, 2.05) is 35.6 Å². The number of fused-ring (bicyclic) bond motifs is 4. The van der Waals surface area contributed by atoms with Crippen molar-refractivity contribution in [3.63, 3.8) is 0 Å². The van der Waals surface area contributed by atoms with Crippen LogP contribution in [0, 0.1) is 6.92 Å². The lowest BCUT2D eigenvalue weighted by Crippen LogP contribution is -2.08. The monoisotopic (exact) mass is 468 g/mol. The van der Waals surface area contributed by atoms with Crippen molar-refractivity contribution in [2.45, 2.75) is 45.6 Å². The normalized spacial score (nSPS) is 13.3. The molecule has 0 bridgehead atoms. The molecule has 0 amide bonds. The second kappa shape index (κ2) is 9.11. The maximum atomic E-state index is 6.09. The van der Waals surface area contributed by atoms with Crippen LogP contribution in [0.25, 0.3) is 21.1 Å². The molecule has 1 aliphatic rings. The maximum absolute atomic E-state index is 6.09. The average Bonchev–Trinajstić information content (AvgIpc) is 3.40. The number of rotatable bonds is 7. The first-order valence-corrected chi connectivity index (χ1v) is 12.8. The first-order valence-electron chi connectivity index (χ1n) is 12.0. The van der Waals surface area contributed by atoms with E-state index in [2.05, 4.69) is 51.5 Å². The molecule has 2 aromatic carbocycles. The summed E-state index contributed by atoms with van der Waals surface area (Å²) in [6.45, 7) is 3.54. The molecule has 0 fully saturated rings. The van der Waals surface area contributed by atoms with Crippen molar-refractivity contribution >= 4 is 38.3 Å². The number of thiophene rings is 1. The van der Waals surface area contributed by atoms with Crippen molar-refractivity contribution in [1.82, 2.24) is 15.0 Å². The molecule has 0 spiro atoms. The van der Waals surface area contributed by atoms with Crippen LogP contribution in [0.3, 0.4) is 0 Å². The van der Waals surface area contributed by atoms with Gasteiger partial charge in [0, 0.05) is 28.0 Å². The Hall–Kier alpha value is -3.38. The van der Waals surface area contributed by atoms with E-state index in [1.54, 1.807) is 6.33 Å². The van der Waals surface area contributed by atoms with E-state index < -0.39 is 0 Å². The van der Waals surface area contributed by atoms with Gasteiger partial charge in [0.1, 0.15) is 29.3 Å². The van der Waals surface area contributed by atoms with E-state index in [1.165, 1.54) is 57.3 Å². The highest BCUT2D eigenvalue weighted by Gasteiger charge is 2.20. The minimum atomic E-state index is 0.571. The number of ether oxygens (including phenoxy) is 1. The molecule has 3 aromatic heterocycles. The van der Waals surface area contributed by atoms with Crippen molar-refractivity contribution in [2.75, 3.05) is 11.9 Å². The first kappa shape index (κ1) is 21.2. The highest BCUT2D eigenvalue weighted by molar-refractivity contribution is 7.19. The number of anilines is 1.